The van der Waals surface area contributed by atoms with Crippen LogP contribution in [0.4, 0.5) is 35.2 Å². The molecule has 2 aromatic heterocycles. The maximum atomic E-state index is 12.4. The van der Waals surface area contributed by atoms with Crippen molar-refractivity contribution < 1.29 is 77.8 Å². The minimum atomic E-state index is -5.24. The van der Waals surface area contributed by atoms with Crippen molar-refractivity contribution in [2.45, 2.75) is 29.4 Å². The molecule has 2 heterocycles. The zero-order valence-corrected chi connectivity index (χ0v) is 36.9. The standard InChI is InChI=1S/C28H22Cl2N10O18S6/c29-23-35-25(39-27(37-23)33-17-9-15-11(5-21(17)63(53,54)55)3-13(59(41,42)43)7-19(15)61(47,48)49)31-1-2-32-26-36-24(30)38-28(40-26)34-18-10-16-12(6-22(18)64(56,57)58)4-14(60(44,45)46)8-20(16)62(50,51)52/h3-10H,1-2H2,(H,41,42,43)(H,44,45,46)(H,47,48,49)(H,50,51,52)(H,53,54,55)(H,56,57,58)(H2,31,33,35,37,39)(H2,32,34,36,38,40). The molecule has 6 rings (SSSR count). The van der Waals surface area contributed by atoms with E-state index in [1.165, 1.54) is 0 Å². The van der Waals surface area contributed by atoms with Gasteiger partial charge >= 0.3 is 0 Å². The summed E-state index contributed by atoms with van der Waals surface area (Å²) in [5.41, 5.74) is -1.24. The highest BCUT2D eigenvalue weighted by Crippen LogP contribution is 2.37. The Morgan fingerprint density at radius 1 is 0.391 bits per heavy atom. The van der Waals surface area contributed by atoms with E-state index in [4.69, 9.17) is 23.2 Å². The maximum Gasteiger partial charge on any atom is 0.296 e. The summed E-state index contributed by atoms with van der Waals surface area (Å²) in [6.45, 7) is -0.263. The molecule has 0 saturated heterocycles. The molecule has 0 fully saturated rings. The van der Waals surface area contributed by atoms with Crippen LogP contribution >= 0.6 is 23.2 Å². The van der Waals surface area contributed by atoms with Crippen molar-refractivity contribution in [3.05, 3.63) is 59.1 Å². The zero-order chi connectivity index (χ0) is 47.5. The molecule has 0 aliphatic carbocycles. The van der Waals surface area contributed by atoms with E-state index >= 15 is 0 Å². The van der Waals surface area contributed by atoms with Crippen molar-refractivity contribution in [2.75, 3.05) is 34.4 Å². The largest absolute Gasteiger partial charge is 0.352 e. The summed E-state index contributed by atoms with van der Waals surface area (Å²) in [6.07, 6.45) is 0. The lowest BCUT2D eigenvalue weighted by atomic mass is 10.1. The molecule has 28 nitrogen and oxygen atoms in total. The van der Waals surface area contributed by atoms with E-state index in [0.29, 0.717) is 36.4 Å². The molecule has 64 heavy (non-hydrogen) atoms. The molecule has 0 aliphatic rings. The Balaban J connectivity index is 1.24. The van der Waals surface area contributed by atoms with Gasteiger partial charge in [0, 0.05) is 23.9 Å². The second-order valence-electron chi connectivity index (χ2n) is 12.4. The van der Waals surface area contributed by atoms with Crippen LogP contribution in [0.25, 0.3) is 21.5 Å². The smallest absolute Gasteiger partial charge is 0.296 e. The Hall–Kier alpha value is -5.34. The lowest BCUT2D eigenvalue weighted by molar-refractivity contribution is 0.477. The van der Waals surface area contributed by atoms with Gasteiger partial charge < -0.3 is 21.3 Å². The number of aromatic nitrogens is 6. The lowest BCUT2D eigenvalue weighted by Gasteiger charge is -2.14. The van der Waals surface area contributed by atoms with Gasteiger partial charge in [-0.25, -0.2) is 0 Å². The molecule has 0 saturated carbocycles. The first-order valence-corrected chi connectivity index (χ1v) is 25.6. The van der Waals surface area contributed by atoms with E-state index < -0.39 is 145 Å². The number of hydrogen-bond donors (Lipinski definition) is 10. The summed E-state index contributed by atoms with van der Waals surface area (Å²) in [4.78, 5) is 17.1. The molecular weight excluding hydrogens is 1030 g/mol. The van der Waals surface area contributed by atoms with Gasteiger partial charge in [0.05, 0.1) is 21.2 Å². The van der Waals surface area contributed by atoms with Crippen molar-refractivity contribution in [1.82, 2.24) is 29.9 Å². The van der Waals surface area contributed by atoms with E-state index in [-0.39, 0.29) is 25.0 Å². The molecule has 0 aliphatic heterocycles. The molecule has 10 N–H and O–H groups in total. The van der Waals surface area contributed by atoms with Gasteiger partial charge in [0.2, 0.25) is 34.4 Å². The minimum Gasteiger partial charge on any atom is -0.352 e. The number of nitrogens with zero attached hydrogens (tertiary/aromatic N) is 6. The second-order valence-corrected chi connectivity index (χ2v) is 21.5. The lowest BCUT2D eigenvalue weighted by Crippen LogP contribution is -2.18. The molecule has 4 aromatic carbocycles. The molecule has 6 aromatic rings. The van der Waals surface area contributed by atoms with Crippen molar-refractivity contribution in [3.63, 3.8) is 0 Å². The number of halogens is 2. The molecule has 36 heteroatoms. The topological polar surface area (TPSA) is 452 Å². The molecule has 0 spiro atoms. The van der Waals surface area contributed by atoms with Crippen LogP contribution < -0.4 is 21.3 Å². The summed E-state index contributed by atoms with van der Waals surface area (Å²) in [7, 11) is -31.1. The van der Waals surface area contributed by atoms with E-state index in [1.807, 2.05) is 0 Å². The molecule has 0 bridgehead atoms. The Kier molecular flexibility index (Phi) is 12.7. The first-order valence-electron chi connectivity index (χ1n) is 16.2. The minimum absolute atomic E-state index is 0.132. The fraction of sp³-hybridized carbons (Fsp3) is 0.0714. The van der Waals surface area contributed by atoms with Gasteiger partial charge in [-0.2, -0.15) is 80.4 Å². The van der Waals surface area contributed by atoms with Gasteiger partial charge in [0.25, 0.3) is 60.7 Å². The zero-order valence-electron chi connectivity index (χ0n) is 30.5. The third-order valence-electron chi connectivity index (χ3n) is 8.08. The monoisotopic (exact) mass is 1050 g/mol. The van der Waals surface area contributed by atoms with E-state index in [9.17, 15) is 77.8 Å². The third kappa shape index (κ3) is 11.1. The Morgan fingerprint density at radius 2 is 0.703 bits per heavy atom. The SMILES string of the molecule is O=S(=O)(O)c1cc(S(=O)(=O)O)c2cc(Nc3nc(Cl)nc(NCCNc4nc(Cl)nc(Nc5cc6c(S(=O)(=O)O)cc(S(=O)(=O)O)cc6cc5S(=O)(=O)O)n4)n3)c(S(=O)(=O)O)cc2c1. The Labute approximate surface area is 369 Å². The predicted molar refractivity (Wildman–Crippen MR) is 220 cm³/mol. The maximum absolute atomic E-state index is 12.4. The summed E-state index contributed by atoms with van der Waals surface area (Å²) in [5, 5.41) is 7.21. The van der Waals surface area contributed by atoms with Crippen LogP contribution in [0.1, 0.15) is 0 Å². The molecule has 0 amide bonds. The fourth-order valence-corrected chi connectivity index (χ4v) is 9.91. The van der Waals surface area contributed by atoms with Gasteiger partial charge in [-0.05, 0) is 82.5 Å². The van der Waals surface area contributed by atoms with Crippen molar-refractivity contribution in [3.8, 4) is 0 Å². The number of fused-ring (bicyclic) bond motifs is 2. The van der Waals surface area contributed by atoms with Crippen LogP contribution in [-0.4, -0.2) is 121 Å². The van der Waals surface area contributed by atoms with Crippen molar-refractivity contribution >= 4 is 141 Å². The molecule has 0 radical (unpaired) electrons. The van der Waals surface area contributed by atoms with E-state index in [2.05, 4.69) is 51.2 Å². The van der Waals surface area contributed by atoms with Crippen LogP contribution in [0, 0.1) is 0 Å². The number of anilines is 6. The van der Waals surface area contributed by atoms with Crippen LogP contribution in [0.2, 0.25) is 10.6 Å². The summed E-state index contributed by atoms with van der Waals surface area (Å²) in [6, 6.07) is 4.91. The fourth-order valence-electron chi connectivity index (χ4n) is 5.57. The Morgan fingerprint density at radius 3 is 1.00 bits per heavy atom. The van der Waals surface area contributed by atoms with E-state index in [1.54, 1.807) is 0 Å². The van der Waals surface area contributed by atoms with Gasteiger partial charge in [-0.3, -0.25) is 27.3 Å². The molecule has 0 atom stereocenters. The van der Waals surface area contributed by atoms with E-state index in [0.717, 1.165) is 12.1 Å². The summed E-state index contributed by atoms with van der Waals surface area (Å²) in [5.74, 6) is -1.65. The highest BCUT2D eigenvalue weighted by atomic mass is 35.5. The van der Waals surface area contributed by atoms with Crippen molar-refractivity contribution in [2.24, 2.45) is 0 Å². The first kappa shape index (κ1) is 48.1. The van der Waals surface area contributed by atoms with Crippen LogP contribution in [0.3, 0.4) is 0 Å². The number of nitrogens with one attached hydrogen (secondary N) is 4. The highest BCUT2D eigenvalue weighted by molar-refractivity contribution is 7.87. The van der Waals surface area contributed by atoms with Crippen LogP contribution in [-0.2, 0) is 60.7 Å². The number of benzene rings is 4. The quantitative estimate of drug-likeness (QED) is 0.0520. The van der Waals surface area contributed by atoms with Gasteiger partial charge in [-0.1, -0.05) is 0 Å². The molecular formula is C28H22Cl2N10O18S6. The highest BCUT2D eigenvalue weighted by Gasteiger charge is 2.27. The van der Waals surface area contributed by atoms with Crippen molar-refractivity contribution in [1.29, 1.82) is 0 Å². The molecule has 342 valence electrons. The van der Waals surface area contributed by atoms with Gasteiger partial charge in [0.15, 0.2) is 0 Å². The van der Waals surface area contributed by atoms with Crippen LogP contribution in [0.15, 0.2) is 77.9 Å². The number of hydrogen-bond acceptors (Lipinski definition) is 22. The Bertz CT molecular complexity index is 3420. The first-order chi connectivity index (χ1) is 29.3. The summed E-state index contributed by atoms with van der Waals surface area (Å²) >= 11 is 12.1. The second kappa shape index (κ2) is 16.9. The third-order valence-corrected chi connectivity index (χ3v) is 13.7. The molecule has 0 unspecified atom stereocenters. The van der Waals surface area contributed by atoms with Crippen LogP contribution in [0.5, 0.6) is 0 Å². The van der Waals surface area contributed by atoms with Gasteiger partial charge in [0.1, 0.15) is 19.6 Å². The number of rotatable bonds is 15. The average molecular weight is 1050 g/mol. The predicted octanol–water partition coefficient (Wildman–Crippen LogP) is 2.16. The van der Waals surface area contributed by atoms with Gasteiger partial charge in [-0.15, -0.1) is 0 Å². The summed E-state index contributed by atoms with van der Waals surface area (Å²) < 4.78 is 204. The normalized spacial score (nSPS) is 12.9. The average Bonchev–Trinajstić information content (AvgIpc) is 3.12.